The van der Waals surface area contributed by atoms with Crippen LogP contribution in [0, 0.1) is 11.8 Å². The van der Waals surface area contributed by atoms with E-state index in [-0.39, 0.29) is 12.0 Å². The van der Waals surface area contributed by atoms with Gasteiger partial charge in [-0.15, -0.1) is 0 Å². The second kappa shape index (κ2) is 7.27. The predicted molar refractivity (Wildman–Crippen MR) is 117 cm³/mol. The van der Waals surface area contributed by atoms with Crippen LogP contribution in [-0.4, -0.2) is 59.6 Å². The standard InChI is InChI=1S/C24H26N4O3/c29-23-21(10-19-7-16(11-25-19)12-27-13-17-9-18(17)14-27)20-8-15(1-2-22(20)26-23)3-4-28-5-6-31-24(28)30/h1-2,7-8,10-11,17-18,25H,3-6,9,12-14H2,(H,26,29)/t17-,18?/m1/s1. The molecule has 1 aliphatic carbocycles. The van der Waals surface area contributed by atoms with Gasteiger partial charge in [-0.05, 0) is 60.1 Å². The number of piperidine rings is 1. The Morgan fingerprint density at radius 2 is 2.00 bits per heavy atom. The molecule has 6 rings (SSSR count). The van der Waals surface area contributed by atoms with E-state index in [1.807, 2.05) is 18.2 Å². The van der Waals surface area contributed by atoms with Crippen LogP contribution in [0.25, 0.3) is 11.6 Å². The Morgan fingerprint density at radius 3 is 2.81 bits per heavy atom. The van der Waals surface area contributed by atoms with E-state index in [1.54, 1.807) is 4.90 Å². The van der Waals surface area contributed by atoms with Crippen molar-refractivity contribution in [3.05, 3.63) is 52.8 Å². The summed E-state index contributed by atoms with van der Waals surface area (Å²) < 4.78 is 4.99. The van der Waals surface area contributed by atoms with E-state index in [9.17, 15) is 9.59 Å². The van der Waals surface area contributed by atoms with E-state index in [1.165, 1.54) is 25.1 Å². The van der Waals surface area contributed by atoms with Crippen molar-refractivity contribution >= 4 is 29.3 Å². The maximum atomic E-state index is 12.6. The molecule has 2 aromatic rings. The highest BCUT2D eigenvalue weighted by atomic mass is 16.6. The van der Waals surface area contributed by atoms with E-state index in [4.69, 9.17) is 4.74 Å². The van der Waals surface area contributed by atoms with Gasteiger partial charge in [0.25, 0.3) is 5.91 Å². The molecular weight excluding hydrogens is 392 g/mol. The lowest BCUT2D eigenvalue weighted by atomic mass is 10.0. The van der Waals surface area contributed by atoms with Crippen molar-refractivity contribution in [1.29, 1.82) is 0 Å². The Labute approximate surface area is 181 Å². The van der Waals surface area contributed by atoms with Gasteiger partial charge in [0.1, 0.15) is 6.61 Å². The average molecular weight is 418 g/mol. The minimum Gasteiger partial charge on any atom is -0.448 e. The largest absolute Gasteiger partial charge is 0.448 e. The molecule has 0 spiro atoms. The van der Waals surface area contributed by atoms with Crippen LogP contribution < -0.4 is 5.32 Å². The van der Waals surface area contributed by atoms with Crippen molar-refractivity contribution in [2.75, 3.05) is 38.1 Å². The number of carbonyl (C=O) groups excluding carboxylic acids is 2. The Balaban J connectivity index is 1.17. The third kappa shape index (κ3) is 3.63. The van der Waals surface area contributed by atoms with Crippen molar-refractivity contribution in [2.45, 2.75) is 19.4 Å². The van der Waals surface area contributed by atoms with Crippen LogP contribution in [0.3, 0.4) is 0 Å². The number of likely N-dealkylation sites (tertiary alicyclic amines) is 1. The number of amides is 2. The number of hydrogen-bond donors (Lipinski definition) is 2. The molecule has 1 aromatic heterocycles. The Bertz CT molecular complexity index is 1080. The smallest absolute Gasteiger partial charge is 0.409 e. The summed E-state index contributed by atoms with van der Waals surface area (Å²) in [5, 5.41) is 2.96. The highest BCUT2D eigenvalue weighted by Crippen LogP contribution is 2.45. The minimum absolute atomic E-state index is 0.0777. The number of nitrogens with one attached hydrogen (secondary N) is 2. The van der Waals surface area contributed by atoms with Crippen LogP contribution in [0.4, 0.5) is 10.5 Å². The molecule has 4 aliphatic rings. The van der Waals surface area contributed by atoms with Gasteiger partial charge in [0, 0.05) is 49.3 Å². The fourth-order valence-corrected chi connectivity index (χ4v) is 5.10. The molecule has 0 radical (unpaired) electrons. The van der Waals surface area contributed by atoms with Crippen molar-refractivity contribution in [3.63, 3.8) is 0 Å². The number of hydrogen-bond acceptors (Lipinski definition) is 4. The van der Waals surface area contributed by atoms with E-state index in [0.29, 0.717) is 25.3 Å². The van der Waals surface area contributed by atoms with Crippen molar-refractivity contribution in [1.82, 2.24) is 14.8 Å². The monoisotopic (exact) mass is 418 g/mol. The summed E-state index contributed by atoms with van der Waals surface area (Å²) in [4.78, 5) is 31.8. The van der Waals surface area contributed by atoms with Crippen molar-refractivity contribution in [2.24, 2.45) is 11.8 Å². The molecule has 3 fully saturated rings. The van der Waals surface area contributed by atoms with Gasteiger partial charge in [0.15, 0.2) is 0 Å². The Kier molecular flexibility index (Phi) is 4.38. The first-order valence-electron chi connectivity index (χ1n) is 11.1. The molecule has 1 unspecified atom stereocenters. The van der Waals surface area contributed by atoms with Gasteiger partial charge in [-0.2, -0.15) is 0 Å². The number of fused-ring (bicyclic) bond motifs is 2. The van der Waals surface area contributed by atoms with Crippen LogP contribution in [0.2, 0.25) is 0 Å². The highest BCUT2D eigenvalue weighted by molar-refractivity contribution is 6.34. The Morgan fingerprint density at radius 1 is 1.13 bits per heavy atom. The molecule has 2 N–H and O–H groups in total. The summed E-state index contributed by atoms with van der Waals surface area (Å²) in [6.45, 7) is 5.14. The molecule has 2 amide bonds. The lowest BCUT2D eigenvalue weighted by Gasteiger charge is -2.15. The zero-order valence-corrected chi connectivity index (χ0v) is 17.4. The van der Waals surface area contributed by atoms with Gasteiger partial charge < -0.3 is 19.9 Å². The first-order chi connectivity index (χ1) is 15.1. The number of aromatic amines is 1. The molecule has 4 heterocycles. The third-order valence-corrected chi connectivity index (χ3v) is 6.91. The molecular formula is C24H26N4O3. The molecule has 160 valence electrons. The van der Waals surface area contributed by atoms with Gasteiger partial charge in [-0.25, -0.2) is 4.79 Å². The van der Waals surface area contributed by atoms with Gasteiger partial charge >= 0.3 is 6.09 Å². The number of cyclic esters (lactones) is 1. The summed E-state index contributed by atoms with van der Waals surface area (Å²) >= 11 is 0. The van der Waals surface area contributed by atoms with Crippen LogP contribution in [-0.2, 0) is 22.5 Å². The number of H-pyrrole nitrogens is 1. The van der Waals surface area contributed by atoms with Gasteiger partial charge in [0.05, 0.1) is 12.1 Å². The summed E-state index contributed by atoms with van der Waals surface area (Å²) in [6.07, 6.45) is 5.89. The van der Waals surface area contributed by atoms with Gasteiger partial charge in [-0.1, -0.05) is 6.07 Å². The van der Waals surface area contributed by atoms with Crippen LogP contribution in [0.5, 0.6) is 0 Å². The topological polar surface area (TPSA) is 77.7 Å². The first-order valence-corrected chi connectivity index (χ1v) is 11.1. The second-order valence-corrected chi connectivity index (χ2v) is 9.16. The quantitative estimate of drug-likeness (QED) is 0.707. The maximum absolute atomic E-state index is 12.6. The molecule has 7 nitrogen and oxygen atoms in total. The first kappa shape index (κ1) is 18.7. The molecule has 3 aliphatic heterocycles. The molecule has 2 atom stereocenters. The van der Waals surface area contributed by atoms with Crippen LogP contribution >= 0.6 is 0 Å². The second-order valence-electron chi connectivity index (χ2n) is 9.16. The van der Waals surface area contributed by atoms with E-state index < -0.39 is 0 Å². The molecule has 7 heteroatoms. The maximum Gasteiger partial charge on any atom is 0.409 e. The number of nitrogens with zero attached hydrogens (tertiary/aromatic N) is 2. The molecule has 1 saturated carbocycles. The number of rotatable bonds is 6. The van der Waals surface area contributed by atoms with Gasteiger partial charge in [0.2, 0.25) is 0 Å². The third-order valence-electron chi connectivity index (χ3n) is 6.91. The molecule has 1 aromatic carbocycles. The number of anilines is 1. The SMILES string of the molecule is O=C1Nc2ccc(CCN3CCOC3=O)cc2C1=Cc1cc(CN2CC3C[C@@H]3C2)c[nH]1. The Hall–Kier alpha value is -3.06. The predicted octanol–water partition coefficient (Wildman–Crippen LogP) is 2.95. The normalized spacial score (nSPS) is 25.7. The van der Waals surface area contributed by atoms with E-state index in [0.717, 1.165) is 47.3 Å². The summed E-state index contributed by atoms with van der Waals surface area (Å²) in [5.41, 5.74) is 5.74. The average Bonchev–Trinajstić information content (AvgIpc) is 3.17. The molecule has 2 saturated heterocycles. The van der Waals surface area contributed by atoms with Crippen LogP contribution in [0.1, 0.15) is 28.8 Å². The van der Waals surface area contributed by atoms with Crippen LogP contribution in [0.15, 0.2) is 30.5 Å². The van der Waals surface area contributed by atoms with Crippen molar-refractivity contribution < 1.29 is 14.3 Å². The number of benzene rings is 1. The fraction of sp³-hybridized carbons (Fsp3) is 0.417. The van der Waals surface area contributed by atoms with E-state index in [2.05, 4.69) is 33.5 Å². The highest BCUT2D eigenvalue weighted by Gasteiger charge is 2.44. The van der Waals surface area contributed by atoms with Gasteiger partial charge in [-0.3, -0.25) is 9.69 Å². The lowest BCUT2D eigenvalue weighted by Crippen LogP contribution is -2.26. The van der Waals surface area contributed by atoms with Crippen molar-refractivity contribution in [3.8, 4) is 0 Å². The lowest BCUT2D eigenvalue weighted by molar-refractivity contribution is -0.110. The molecule has 0 bridgehead atoms. The summed E-state index contributed by atoms with van der Waals surface area (Å²) in [7, 11) is 0. The zero-order valence-electron chi connectivity index (χ0n) is 17.4. The number of ether oxygens (including phenoxy) is 1. The molecule has 31 heavy (non-hydrogen) atoms. The number of carbonyl (C=O) groups is 2. The summed E-state index contributed by atoms with van der Waals surface area (Å²) in [6, 6.07) is 8.16. The number of aromatic nitrogens is 1. The minimum atomic E-state index is -0.243. The summed E-state index contributed by atoms with van der Waals surface area (Å²) in [5.74, 6) is 1.79. The fourth-order valence-electron chi connectivity index (χ4n) is 5.10. The zero-order chi connectivity index (χ0) is 20.9. The van der Waals surface area contributed by atoms with E-state index >= 15 is 0 Å².